The summed E-state index contributed by atoms with van der Waals surface area (Å²) in [5.74, 6) is 1.54. The molecule has 0 atom stereocenters. The van der Waals surface area contributed by atoms with Crippen molar-refractivity contribution < 1.29 is 5.11 Å². The number of nitrogens with one attached hydrogen (secondary N) is 1. The highest BCUT2D eigenvalue weighted by atomic mass is 32.2. The summed E-state index contributed by atoms with van der Waals surface area (Å²) in [5, 5.41) is 12.2. The van der Waals surface area contributed by atoms with Gasteiger partial charge in [-0.2, -0.15) is 15.0 Å². The summed E-state index contributed by atoms with van der Waals surface area (Å²) in [5.41, 5.74) is 0. The predicted molar refractivity (Wildman–Crippen MR) is 64.3 cm³/mol. The lowest BCUT2D eigenvalue weighted by atomic mass is 10.8. The fraction of sp³-hybridized carbons (Fsp3) is 0.333. The van der Waals surface area contributed by atoms with Crippen molar-refractivity contribution in [1.82, 2.24) is 24.5 Å². The molecule has 0 unspecified atom stereocenters. The Morgan fingerprint density at radius 1 is 1.41 bits per heavy atom. The van der Waals surface area contributed by atoms with Crippen molar-refractivity contribution in [3.8, 4) is 5.95 Å². The molecule has 8 heteroatoms. The van der Waals surface area contributed by atoms with Gasteiger partial charge in [0, 0.05) is 25.2 Å². The van der Waals surface area contributed by atoms with Crippen molar-refractivity contribution in [3.63, 3.8) is 0 Å². The zero-order valence-electron chi connectivity index (χ0n) is 9.24. The third-order valence-electron chi connectivity index (χ3n) is 1.88. The number of rotatable bonds is 5. The monoisotopic (exact) mass is 252 g/mol. The number of nitrogens with zero attached hydrogens (tertiary/aromatic N) is 5. The molecular formula is C9H12N6OS. The first-order chi connectivity index (χ1) is 8.33. The van der Waals surface area contributed by atoms with Gasteiger partial charge in [-0.1, -0.05) is 11.8 Å². The summed E-state index contributed by atoms with van der Waals surface area (Å²) in [6, 6.07) is 0. The van der Waals surface area contributed by atoms with Crippen LogP contribution in [-0.2, 0) is 0 Å². The maximum Gasteiger partial charge on any atom is 0.240 e. The lowest BCUT2D eigenvalue weighted by Crippen LogP contribution is -2.06. The van der Waals surface area contributed by atoms with Gasteiger partial charge in [0.25, 0.3) is 0 Å². The maximum absolute atomic E-state index is 8.78. The number of aliphatic hydroxyl groups is 1. The topological polar surface area (TPSA) is 88.8 Å². The second kappa shape index (κ2) is 5.60. The van der Waals surface area contributed by atoms with Gasteiger partial charge in [0.1, 0.15) is 6.33 Å². The van der Waals surface area contributed by atoms with Crippen LogP contribution in [0.4, 0.5) is 5.95 Å². The molecular weight excluding hydrogens is 240 g/mol. The third kappa shape index (κ3) is 2.92. The van der Waals surface area contributed by atoms with Crippen molar-refractivity contribution in [3.05, 3.63) is 18.7 Å². The summed E-state index contributed by atoms with van der Waals surface area (Å²) >= 11 is 1.38. The predicted octanol–water partition coefficient (Wildman–Crippen LogP) is 0.183. The highest BCUT2D eigenvalue weighted by Crippen LogP contribution is 2.15. The molecule has 0 amide bonds. The minimum atomic E-state index is 0.0889. The van der Waals surface area contributed by atoms with Gasteiger partial charge >= 0.3 is 0 Å². The molecule has 0 aliphatic carbocycles. The van der Waals surface area contributed by atoms with E-state index >= 15 is 0 Å². The average molecular weight is 252 g/mol. The molecule has 2 N–H and O–H groups in total. The van der Waals surface area contributed by atoms with Crippen LogP contribution in [0.3, 0.4) is 0 Å². The fourth-order valence-electron chi connectivity index (χ4n) is 1.15. The Morgan fingerprint density at radius 3 is 2.94 bits per heavy atom. The Labute approximate surface area is 102 Å². The molecule has 0 saturated heterocycles. The molecule has 2 heterocycles. The van der Waals surface area contributed by atoms with Crippen LogP contribution >= 0.6 is 11.8 Å². The van der Waals surface area contributed by atoms with E-state index in [1.807, 2.05) is 0 Å². The van der Waals surface area contributed by atoms with E-state index in [9.17, 15) is 0 Å². The van der Waals surface area contributed by atoms with Gasteiger partial charge in [0.2, 0.25) is 11.9 Å². The van der Waals surface area contributed by atoms with Gasteiger partial charge in [-0.3, -0.25) is 4.57 Å². The lowest BCUT2D eigenvalue weighted by molar-refractivity contribution is 0.322. The fourth-order valence-corrected chi connectivity index (χ4v) is 1.72. The molecule has 0 aliphatic rings. The van der Waals surface area contributed by atoms with Gasteiger partial charge in [0.15, 0.2) is 5.16 Å². The molecule has 0 aliphatic heterocycles. The van der Waals surface area contributed by atoms with E-state index in [4.69, 9.17) is 5.11 Å². The van der Waals surface area contributed by atoms with Crippen LogP contribution in [-0.4, -0.2) is 49.0 Å². The van der Waals surface area contributed by atoms with E-state index in [1.54, 1.807) is 30.3 Å². The van der Waals surface area contributed by atoms with Crippen LogP contribution in [0.5, 0.6) is 0 Å². The van der Waals surface area contributed by atoms with Crippen LogP contribution in [0.15, 0.2) is 23.9 Å². The van der Waals surface area contributed by atoms with Gasteiger partial charge in [-0.15, -0.1) is 0 Å². The minimum Gasteiger partial charge on any atom is -0.396 e. The molecule has 0 saturated carbocycles. The van der Waals surface area contributed by atoms with Gasteiger partial charge in [-0.25, -0.2) is 4.98 Å². The van der Waals surface area contributed by atoms with E-state index < -0.39 is 0 Å². The molecule has 0 spiro atoms. The molecule has 0 bridgehead atoms. The third-order valence-corrected chi connectivity index (χ3v) is 2.71. The number of thioether (sulfide) groups is 1. The van der Waals surface area contributed by atoms with Crippen molar-refractivity contribution in [2.45, 2.75) is 5.16 Å². The van der Waals surface area contributed by atoms with E-state index in [-0.39, 0.29) is 6.61 Å². The normalized spacial score (nSPS) is 10.5. The molecule has 17 heavy (non-hydrogen) atoms. The van der Waals surface area contributed by atoms with Gasteiger partial charge < -0.3 is 10.4 Å². The molecule has 0 aromatic carbocycles. The first kappa shape index (κ1) is 11.8. The van der Waals surface area contributed by atoms with Crippen molar-refractivity contribution >= 4 is 17.7 Å². The van der Waals surface area contributed by atoms with Crippen LogP contribution in [0.1, 0.15) is 0 Å². The first-order valence-corrected chi connectivity index (χ1v) is 5.98. The molecule has 7 nitrogen and oxygen atoms in total. The number of imidazole rings is 1. The molecule has 0 radical (unpaired) electrons. The van der Waals surface area contributed by atoms with E-state index in [2.05, 4.69) is 25.3 Å². The van der Waals surface area contributed by atoms with Crippen LogP contribution in [0.25, 0.3) is 5.95 Å². The largest absolute Gasteiger partial charge is 0.396 e. The first-order valence-electron chi connectivity index (χ1n) is 4.99. The maximum atomic E-state index is 8.78. The standard InChI is InChI=1S/C9H12N6OS/c1-10-7-12-8(15-3-2-11-6-15)14-9(13-7)17-5-4-16/h2-3,6,16H,4-5H2,1H3,(H,10,12,13,14). The zero-order valence-corrected chi connectivity index (χ0v) is 10.1. The Balaban J connectivity index is 2.32. The number of hydrogen-bond acceptors (Lipinski definition) is 7. The molecule has 2 aromatic heterocycles. The highest BCUT2D eigenvalue weighted by molar-refractivity contribution is 7.99. The van der Waals surface area contributed by atoms with Gasteiger partial charge in [-0.05, 0) is 0 Å². The summed E-state index contributed by atoms with van der Waals surface area (Å²) in [6.07, 6.45) is 5.04. The summed E-state index contributed by atoms with van der Waals surface area (Å²) in [6.45, 7) is 0.0889. The van der Waals surface area contributed by atoms with E-state index in [1.165, 1.54) is 11.8 Å². The quantitative estimate of drug-likeness (QED) is 0.734. The second-order valence-corrected chi connectivity index (χ2v) is 4.10. The van der Waals surface area contributed by atoms with Crippen LogP contribution in [0, 0.1) is 0 Å². The van der Waals surface area contributed by atoms with Crippen molar-refractivity contribution in [2.75, 3.05) is 24.7 Å². The summed E-state index contributed by atoms with van der Waals surface area (Å²) in [4.78, 5) is 16.6. The Kier molecular flexibility index (Phi) is 3.89. The Bertz CT molecular complexity index is 474. The van der Waals surface area contributed by atoms with Crippen molar-refractivity contribution in [2.24, 2.45) is 0 Å². The minimum absolute atomic E-state index is 0.0889. The Morgan fingerprint density at radius 2 is 2.29 bits per heavy atom. The molecule has 2 aromatic rings. The highest BCUT2D eigenvalue weighted by Gasteiger charge is 2.07. The number of aliphatic hydroxyl groups excluding tert-OH is 1. The number of hydrogen-bond donors (Lipinski definition) is 2. The molecule has 0 fully saturated rings. The molecule has 90 valence electrons. The van der Waals surface area contributed by atoms with Crippen molar-refractivity contribution in [1.29, 1.82) is 0 Å². The van der Waals surface area contributed by atoms with Crippen LogP contribution in [0.2, 0.25) is 0 Å². The lowest BCUT2D eigenvalue weighted by Gasteiger charge is -2.05. The number of aromatic nitrogens is 5. The van der Waals surface area contributed by atoms with E-state index in [0.29, 0.717) is 22.8 Å². The smallest absolute Gasteiger partial charge is 0.240 e. The molecule has 2 rings (SSSR count). The average Bonchev–Trinajstić information content (AvgIpc) is 2.89. The SMILES string of the molecule is CNc1nc(SCCO)nc(-n2ccnc2)n1. The summed E-state index contributed by atoms with van der Waals surface area (Å²) < 4.78 is 1.70. The van der Waals surface area contributed by atoms with E-state index in [0.717, 1.165) is 0 Å². The van der Waals surface area contributed by atoms with Crippen LogP contribution < -0.4 is 5.32 Å². The summed E-state index contributed by atoms with van der Waals surface area (Å²) in [7, 11) is 1.74. The Hall–Kier alpha value is -1.67. The van der Waals surface area contributed by atoms with Gasteiger partial charge in [0.05, 0.1) is 6.61 Å². The second-order valence-electron chi connectivity index (χ2n) is 3.03. The zero-order chi connectivity index (χ0) is 12.1. The number of anilines is 1.